The van der Waals surface area contributed by atoms with Crippen LogP contribution in [0.25, 0.3) is 0 Å². The van der Waals surface area contributed by atoms with Gasteiger partial charge in [-0.15, -0.1) is 0 Å². The molecule has 0 aliphatic carbocycles. The van der Waals surface area contributed by atoms with Crippen LogP contribution >= 0.6 is 27.5 Å². The van der Waals surface area contributed by atoms with Crippen molar-refractivity contribution < 1.29 is 0 Å². The van der Waals surface area contributed by atoms with E-state index < -0.39 is 0 Å². The number of aromatic nitrogens is 2. The van der Waals surface area contributed by atoms with E-state index in [0.29, 0.717) is 5.15 Å². The largest absolute Gasteiger partial charge is 0.341 e. The van der Waals surface area contributed by atoms with Crippen LogP contribution in [0, 0.1) is 6.92 Å². The van der Waals surface area contributed by atoms with E-state index in [-0.39, 0.29) is 0 Å². The van der Waals surface area contributed by atoms with Crippen LogP contribution in [-0.2, 0) is 0 Å². The molecule has 1 fully saturated rings. The number of anilines is 1. The van der Waals surface area contributed by atoms with Crippen LogP contribution < -0.4 is 4.90 Å². The second-order valence-electron chi connectivity index (χ2n) is 4.12. The lowest BCUT2D eigenvalue weighted by molar-refractivity contribution is 0.726. The molecular weight excluding hydrogens is 289 g/mol. The van der Waals surface area contributed by atoms with E-state index >= 15 is 0 Å². The van der Waals surface area contributed by atoms with E-state index in [1.54, 1.807) is 0 Å². The predicted octanol–water partition coefficient (Wildman–Crippen LogP) is 3.58. The Morgan fingerprint density at radius 1 is 1.12 bits per heavy atom. The summed E-state index contributed by atoms with van der Waals surface area (Å²) in [5.74, 6) is 0.771. The summed E-state index contributed by atoms with van der Waals surface area (Å²) in [6.07, 6.45) is 5.05. The standard InChI is InChI=1S/C11H15BrClN3/c1-8-9(12)10(13)15-11(14-8)16-6-4-2-3-5-7-16/h2-7H2,1H3. The minimum absolute atomic E-state index is 0.506. The Morgan fingerprint density at radius 3 is 2.31 bits per heavy atom. The van der Waals surface area contributed by atoms with Crippen molar-refractivity contribution in [3.63, 3.8) is 0 Å². The fourth-order valence-corrected chi connectivity index (χ4v) is 2.31. The maximum absolute atomic E-state index is 6.05. The molecule has 1 aromatic heterocycles. The van der Waals surface area contributed by atoms with Gasteiger partial charge in [0.25, 0.3) is 0 Å². The van der Waals surface area contributed by atoms with Gasteiger partial charge in [-0.1, -0.05) is 24.4 Å². The van der Waals surface area contributed by atoms with Gasteiger partial charge < -0.3 is 4.90 Å². The molecule has 5 heteroatoms. The zero-order valence-electron chi connectivity index (χ0n) is 9.34. The van der Waals surface area contributed by atoms with Gasteiger partial charge in [0.2, 0.25) is 5.95 Å². The zero-order chi connectivity index (χ0) is 11.5. The van der Waals surface area contributed by atoms with E-state index in [2.05, 4.69) is 30.8 Å². The molecule has 2 rings (SSSR count). The molecule has 0 N–H and O–H groups in total. The zero-order valence-corrected chi connectivity index (χ0v) is 11.7. The summed E-state index contributed by atoms with van der Waals surface area (Å²) in [5, 5.41) is 0.506. The SMILES string of the molecule is Cc1nc(N2CCCCCC2)nc(Cl)c1Br. The molecule has 0 radical (unpaired) electrons. The molecule has 0 aromatic carbocycles. The third kappa shape index (κ3) is 2.66. The third-order valence-corrected chi connectivity index (χ3v) is 4.30. The van der Waals surface area contributed by atoms with Crippen molar-refractivity contribution >= 4 is 33.5 Å². The second-order valence-corrected chi connectivity index (χ2v) is 5.27. The third-order valence-electron chi connectivity index (χ3n) is 2.85. The molecule has 1 aliphatic heterocycles. The molecule has 88 valence electrons. The quantitative estimate of drug-likeness (QED) is 0.743. The Labute approximate surface area is 109 Å². The Bertz CT molecular complexity index is 352. The lowest BCUT2D eigenvalue weighted by Gasteiger charge is -2.20. The molecule has 0 unspecified atom stereocenters. The van der Waals surface area contributed by atoms with E-state index in [1.807, 2.05) is 6.92 Å². The van der Waals surface area contributed by atoms with Crippen LogP contribution in [0.4, 0.5) is 5.95 Å². The summed E-state index contributed by atoms with van der Waals surface area (Å²) >= 11 is 9.43. The molecular formula is C11H15BrClN3. The Kier molecular flexibility index (Phi) is 4.03. The smallest absolute Gasteiger partial charge is 0.227 e. The van der Waals surface area contributed by atoms with Crippen LogP contribution in [-0.4, -0.2) is 23.1 Å². The highest BCUT2D eigenvalue weighted by molar-refractivity contribution is 9.10. The predicted molar refractivity (Wildman–Crippen MR) is 70.2 cm³/mol. The maximum atomic E-state index is 6.05. The molecule has 1 saturated heterocycles. The lowest BCUT2D eigenvalue weighted by atomic mass is 10.2. The van der Waals surface area contributed by atoms with Crippen LogP contribution in [0.15, 0.2) is 4.47 Å². The molecule has 0 saturated carbocycles. The fraction of sp³-hybridized carbons (Fsp3) is 0.636. The van der Waals surface area contributed by atoms with E-state index in [4.69, 9.17) is 11.6 Å². The van der Waals surface area contributed by atoms with Gasteiger partial charge in [-0.3, -0.25) is 0 Å². The van der Waals surface area contributed by atoms with Gasteiger partial charge in [-0.25, -0.2) is 4.98 Å². The maximum Gasteiger partial charge on any atom is 0.227 e. The summed E-state index contributed by atoms with van der Waals surface area (Å²) < 4.78 is 0.799. The van der Waals surface area contributed by atoms with Gasteiger partial charge in [0, 0.05) is 13.1 Å². The molecule has 0 spiro atoms. The van der Waals surface area contributed by atoms with Crippen molar-refractivity contribution in [3.8, 4) is 0 Å². The minimum Gasteiger partial charge on any atom is -0.341 e. The average molecular weight is 305 g/mol. The minimum atomic E-state index is 0.506. The molecule has 16 heavy (non-hydrogen) atoms. The summed E-state index contributed by atoms with van der Waals surface area (Å²) in [4.78, 5) is 11.0. The van der Waals surface area contributed by atoms with Crippen molar-refractivity contribution in [2.75, 3.05) is 18.0 Å². The number of aryl methyl sites for hydroxylation is 1. The highest BCUT2D eigenvalue weighted by Crippen LogP contribution is 2.26. The van der Waals surface area contributed by atoms with E-state index in [9.17, 15) is 0 Å². The van der Waals surface area contributed by atoms with Crippen molar-refractivity contribution in [2.24, 2.45) is 0 Å². The molecule has 0 bridgehead atoms. The monoisotopic (exact) mass is 303 g/mol. The second kappa shape index (κ2) is 5.32. The number of rotatable bonds is 1. The van der Waals surface area contributed by atoms with Crippen molar-refractivity contribution in [3.05, 3.63) is 15.3 Å². The van der Waals surface area contributed by atoms with Crippen molar-refractivity contribution in [1.82, 2.24) is 9.97 Å². The van der Waals surface area contributed by atoms with Crippen LogP contribution in [0.1, 0.15) is 31.4 Å². The van der Waals surface area contributed by atoms with Crippen molar-refractivity contribution in [2.45, 2.75) is 32.6 Å². The van der Waals surface area contributed by atoms with Crippen LogP contribution in [0.3, 0.4) is 0 Å². The normalized spacial score (nSPS) is 17.3. The van der Waals surface area contributed by atoms with E-state index in [0.717, 1.165) is 29.2 Å². The lowest BCUT2D eigenvalue weighted by Crippen LogP contribution is -2.26. The van der Waals surface area contributed by atoms with Crippen LogP contribution in [0.5, 0.6) is 0 Å². The first-order chi connectivity index (χ1) is 7.68. The Morgan fingerprint density at radius 2 is 1.75 bits per heavy atom. The summed E-state index contributed by atoms with van der Waals surface area (Å²) in [7, 11) is 0. The van der Waals surface area contributed by atoms with Gasteiger partial charge >= 0.3 is 0 Å². The molecule has 1 aliphatic rings. The average Bonchev–Trinajstić information content (AvgIpc) is 2.53. The first kappa shape index (κ1) is 12.1. The van der Waals surface area contributed by atoms with Gasteiger partial charge in [-0.05, 0) is 35.7 Å². The van der Waals surface area contributed by atoms with Gasteiger partial charge in [-0.2, -0.15) is 4.98 Å². The molecule has 1 aromatic rings. The van der Waals surface area contributed by atoms with Crippen LogP contribution in [0.2, 0.25) is 5.15 Å². The molecule has 0 amide bonds. The number of halogens is 2. The molecule has 2 heterocycles. The van der Waals surface area contributed by atoms with Gasteiger partial charge in [0.1, 0.15) is 5.15 Å². The van der Waals surface area contributed by atoms with E-state index in [1.165, 1.54) is 25.7 Å². The van der Waals surface area contributed by atoms with Crippen molar-refractivity contribution in [1.29, 1.82) is 0 Å². The number of hydrogen-bond donors (Lipinski definition) is 0. The topological polar surface area (TPSA) is 29.0 Å². The van der Waals surface area contributed by atoms with Gasteiger partial charge in [0.05, 0.1) is 10.2 Å². The highest BCUT2D eigenvalue weighted by atomic mass is 79.9. The molecule has 0 atom stereocenters. The van der Waals surface area contributed by atoms with Gasteiger partial charge in [0.15, 0.2) is 0 Å². The Balaban J connectivity index is 2.25. The summed E-state index contributed by atoms with van der Waals surface area (Å²) in [6, 6.07) is 0. The fourth-order valence-electron chi connectivity index (χ4n) is 1.92. The highest BCUT2D eigenvalue weighted by Gasteiger charge is 2.15. The first-order valence-corrected chi connectivity index (χ1v) is 6.80. The number of nitrogens with zero attached hydrogens (tertiary/aromatic N) is 3. The summed E-state index contributed by atoms with van der Waals surface area (Å²) in [6.45, 7) is 4.02. The Hall–Kier alpha value is -0.350. The number of hydrogen-bond acceptors (Lipinski definition) is 3. The molecule has 3 nitrogen and oxygen atoms in total. The first-order valence-electron chi connectivity index (χ1n) is 5.63. The summed E-state index contributed by atoms with van der Waals surface area (Å²) in [5.41, 5.74) is 0.902.